The van der Waals surface area contributed by atoms with E-state index in [0.717, 1.165) is 12.1 Å². The first-order chi connectivity index (χ1) is 9.25. The zero-order valence-corrected chi connectivity index (χ0v) is 10.7. The third-order valence-corrected chi connectivity index (χ3v) is 2.42. The number of rotatable bonds is 5. The van der Waals surface area contributed by atoms with Crippen molar-refractivity contribution in [3.63, 3.8) is 0 Å². The molecule has 2 N–H and O–H groups in total. The minimum absolute atomic E-state index is 0.128. The number of amides is 1. The van der Waals surface area contributed by atoms with Crippen molar-refractivity contribution in [3.8, 4) is 5.75 Å². The molecule has 1 aromatic carbocycles. The molecule has 0 spiro atoms. The lowest BCUT2D eigenvalue weighted by Gasteiger charge is -2.14. The third-order valence-electron chi connectivity index (χ3n) is 2.42. The van der Waals surface area contributed by atoms with Gasteiger partial charge in [0, 0.05) is 0 Å². The van der Waals surface area contributed by atoms with Crippen LogP contribution in [-0.2, 0) is 15.7 Å². The van der Waals surface area contributed by atoms with Gasteiger partial charge >= 0.3 is 6.18 Å². The van der Waals surface area contributed by atoms with Crippen LogP contribution in [0.2, 0.25) is 0 Å². The van der Waals surface area contributed by atoms with E-state index in [2.05, 4.69) is 11.9 Å². The summed E-state index contributed by atoms with van der Waals surface area (Å²) < 4.78 is 42.6. The number of ether oxygens (including phenoxy) is 1. The van der Waals surface area contributed by atoms with Gasteiger partial charge in [-0.25, -0.2) is 0 Å². The van der Waals surface area contributed by atoms with Crippen molar-refractivity contribution >= 4 is 11.6 Å². The molecule has 4 nitrogen and oxygen atoms in total. The summed E-state index contributed by atoms with van der Waals surface area (Å²) >= 11 is 0. The summed E-state index contributed by atoms with van der Waals surface area (Å²) in [6, 6.07) is 2.25. The van der Waals surface area contributed by atoms with E-state index < -0.39 is 29.5 Å². The number of halogens is 3. The maximum absolute atomic E-state index is 12.5. The highest BCUT2D eigenvalue weighted by Gasteiger charge is 2.31. The summed E-state index contributed by atoms with van der Waals surface area (Å²) in [5, 5.41) is 11.7. The highest BCUT2D eigenvalue weighted by atomic mass is 19.4. The fourth-order valence-corrected chi connectivity index (χ4v) is 1.33. The largest absolute Gasteiger partial charge is 0.506 e. The molecule has 0 saturated carbocycles. The molecular weight excluding hydrogens is 275 g/mol. The second-order valence-corrected chi connectivity index (χ2v) is 3.98. The predicted octanol–water partition coefficient (Wildman–Crippen LogP) is 2.94. The molecule has 0 aliphatic carbocycles. The van der Waals surface area contributed by atoms with E-state index >= 15 is 0 Å². The van der Waals surface area contributed by atoms with Gasteiger partial charge in [0.15, 0.2) is 0 Å². The maximum atomic E-state index is 12.5. The first kappa shape index (κ1) is 16.0. The molecule has 1 amide bonds. The second kappa shape index (κ2) is 6.42. The lowest BCUT2D eigenvalue weighted by Crippen LogP contribution is -2.28. The molecule has 0 aromatic heterocycles. The van der Waals surface area contributed by atoms with E-state index in [9.17, 15) is 23.1 Å². The molecule has 0 heterocycles. The summed E-state index contributed by atoms with van der Waals surface area (Å²) in [5.74, 6) is -1.12. The SMILES string of the molecule is C=CCOC(C)C(=O)Nc1cc(C(F)(F)F)ccc1O. The highest BCUT2D eigenvalue weighted by Crippen LogP contribution is 2.34. The average Bonchev–Trinajstić information content (AvgIpc) is 2.37. The Hall–Kier alpha value is -2.02. The van der Waals surface area contributed by atoms with Crippen molar-refractivity contribution in [1.29, 1.82) is 0 Å². The molecule has 20 heavy (non-hydrogen) atoms. The van der Waals surface area contributed by atoms with Gasteiger partial charge in [0.05, 0.1) is 17.9 Å². The van der Waals surface area contributed by atoms with Crippen LogP contribution < -0.4 is 5.32 Å². The molecule has 0 aliphatic rings. The van der Waals surface area contributed by atoms with E-state index in [4.69, 9.17) is 4.74 Å². The molecular formula is C13H14F3NO3. The van der Waals surface area contributed by atoms with Crippen LogP contribution in [0.1, 0.15) is 12.5 Å². The molecule has 1 aromatic rings. The van der Waals surface area contributed by atoms with Crippen molar-refractivity contribution in [3.05, 3.63) is 36.4 Å². The van der Waals surface area contributed by atoms with Gasteiger partial charge in [-0.1, -0.05) is 6.08 Å². The van der Waals surface area contributed by atoms with Gasteiger partial charge in [0.1, 0.15) is 11.9 Å². The van der Waals surface area contributed by atoms with Gasteiger partial charge in [-0.2, -0.15) is 13.2 Å². The van der Waals surface area contributed by atoms with Gasteiger partial charge < -0.3 is 15.2 Å². The van der Waals surface area contributed by atoms with E-state index in [0.29, 0.717) is 6.07 Å². The standard InChI is InChI=1S/C13H14F3NO3/c1-3-6-20-8(2)12(19)17-10-7-9(13(14,15)16)4-5-11(10)18/h3-5,7-8,18H,1,6H2,2H3,(H,17,19). The monoisotopic (exact) mass is 289 g/mol. The molecule has 0 saturated heterocycles. The van der Waals surface area contributed by atoms with Crippen LogP contribution >= 0.6 is 0 Å². The van der Waals surface area contributed by atoms with Crippen LogP contribution in [0.5, 0.6) is 5.75 Å². The number of anilines is 1. The number of hydrogen-bond donors (Lipinski definition) is 2. The average molecular weight is 289 g/mol. The summed E-state index contributed by atoms with van der Waals surface area (Å²) in [7, 11) is 0. The fraction of sp³-hybridized carbons (Fsp3) is 0.308. The number of benzene rings is 1. The molecule has 0 radical (unpaired) electrons. The normalized spacial score (nSPS) is 12.8. The molecule has 1 rings (SSSR count). The van der Waals surface area contributed by atoms with E-state index in [1.54, 1.807) is 0 Å². The quantitative estimate of drug-likeness (QED) is 0.647. The van der Waals surface area contributed by atoms with Gasteiger partial charge in [0.25, 0.3) is 5.91 Å². The zero-order valence-electron chi connectivity index (χ0n) is 10.7. The Bertz CT molecular complexity index is 500. The zero-order chi connectivity index (χ0) is 15.3. The lowest BCUT2D eigenvalue weighted by molar-refractivity contribution is -0.137. The number of phenolic OH excluding ortho intramolecular Hbond substituents is 1. The smallest absolute Gasteiger partial charge is 0.416 e. The van der Waals surface area contributed by atoms with Crippen LogP contribution in [0, 0.1) is 0 Å². The van der Waals surface area contributed by atoms with Crippen molar-refractivity contribution in [1.82, 2.24) is 0 Å². The molecule has 7 heteroatoms. The summed E-state index contributed by atoms with van der Waals surface area (Å²) in [6.07, 6.45) is -4.01. The van der Waals surface area contributed by atoms with Crippen LogP contribution in [0.4, 0.5) is 18.9 Å². The molecule has 0 bridgehead atoms. The molecule has 1 unspecified atom stereocenters. The fourth-order valence-electron chi connectivity index (χ4n) is 1.33. The molecule has 0 fully saturated rings. The van der Waals surface area contributed by atoms with E-state index in [1.165, 1.54) is 13.0 Å². The van der Waals surface area contributed by atoms with Crippen molar-refractivity contribution in [2.75, 3.05) is 11.9 Å². The number of phenols is 1. The molecule has 110 valence electrons. The maximum Gasteiger partial charge on any atom is 0.416 e. The van der Waals surface area contributed by atoms with E-state index in [-0.39, 0.29) is 12.3 Å². The Morgan fingerprint density at radius 3 is 2.75 bits per heavy atom. The summed E-state index contributed by atoms with van der Waals surface area (Å²) in [5.41, 5.74) is -1.29. The molecule has 0 aliphatic heterocycles. The van der Waals surface area contributed by atoms with Crippen LogP contribution in [0.15, 0.2) is 30.9 Å². The highest BCUT2D eigenvalue weighted by molar-refractivity contribution is 5.95. The number of alkyl halides is 3. The first-order valence-corrected chi connectivity index (χ1v) is 5.69. The van der Waals surface area contributed by atoms with Crippen molar-refractivity contribution < 1.29 is 27.8 Å². The van der Waals surface area contributed by atoms with Crippen LogP contribution in [-0.4, -0.2) is 23.7 Å². The number of hydrogen-bond acceptors (Lipinski definition) is 3. The van der Waals surface area contributed by atoms with E-state index in [1.807, 2.05) is 0 Å². The Labute approximate surface area is 113 Å². The van der Waals surface area contributed by atoms with Gasteiger partial charge in [-0.15, -0.1) is 6.58 Å². The first-order valence-electron chi connectivity index (χ1n) is 5.69. The predicted molar refractivity (Wildman–Crippen MR) is 67.3 cm³/mol. The third kappa shape index (κ3) is 4.27. The summed E-state index contributed by atoms with van der Waals surface area (Å²) in [4.78, 5) is 11.7. The lowest BCUT2D eigenvalue weighted by atomic mass is 10.1. The van der Waals surface area contributed by atoms with Gasteiger partial charge in [-0.3, -0.25) is 4.79 Å². The number of aromatic hydroxyl groups is 1. The minimum atomic E-state index is -4.56. The van der Waals surface area contributed by atoms with Crippen molar-refractivity contribution in [2.24, 2.45) is 0 Å². The Kier molecular flexibility index (Phi) is 5.15. The van der Waals surface area contributed by atoms with Crippen LogP contribution in [0.25, 0.3) is 0 Å². The van der Waals surface area contributed by atoms with Crippen molar-refractivity contribution in [2.45, 2.75) is 19.2 Å². The molecule has 1 atom stereocenters. The Morgan fingerprint density at radius 2 is 2.20 bits per heavy atom. The Balaban J connectivity index is 2.86. The van der Waals surface area contributed by atoms with Gasteiger partial charge in [0.2, 0.25) is 0 Å². The second-order valence-electron chi connectivity index (χ2n) is 3.98. The van der Waals surface area contributed by atoms with Gasteiger partial charge in [-0.05, 0) is 25.1 Å². The summed E-state index contributed by atoms with van der Waals surface area (Å²) in [6.45, 7) is 4.97. The number of carbonyl (C=O) groups excluding carboxylic acids is 1. The van der Waals surface area contributed by atoms with Crippen LogP contribution in [0.3, 0.4) is 0 Å². The number of carbonyl (C=O) groups is 1. The topological polar surface area (TPSA) is 58.6 Å². The Morgan fingerprint density at radius 1 is 1.55 bits per heavy atom. The minimum Gasteiger partial charge on any atom is -0.506 e. The number of nitrogens with one attached hydrogen (secondary N) is 1.